The fraction of sp³-hybridized carbons (Fsp3) is 0.273. The number of ether oxygens (including phenoxy) is 1. The minimum atomic E-state index is -0.842. The number of anilines is 1. The molecule has 0 saturated carbocycles. The van der Waals surface area contributed by atoms with Gasteiger partial charge in [-0.1, -0.05) is 25.1 Å². The number of rotatable bonds is 8. The summed E-state index contributed by atoms with van der Waals surface area (Å²) in [6.45, 7) is 1.34. The number of para-hydroxylation sites is 1. The Kier molecular flexibility index (Phi) is 7.34. The Morgan fingerprint density at radius 3 is 2.52 bits per heavy atom. The molecule has 1 saturated heterocycles. The van der Waals surface area contributed by atoms with Gasteiger partial charge in [0.25, 0.3) is 17.5 Å². The van der Waals surface area contributed by atoms with Crippen molar-refractivity contribution >= 4 is 35.1 Å². The van der Waals surface area contributed by atoms with Crippen LogP contribution >= 0.6 is 0 Å². The summed E-state index contributed by atoms with van der Waals surface area (Å²) in [7, 11) is 0. The molecule has 1 fully saturated rings. The monoisotopic (exact) mass is 454 g/mol. The first-order valence-electron chi connectivity index (χ1n) is 10.2. The zero-order chi connectivity index (χ0) is 24.0. The van der Waals surface area contributed by atoms with Crippen LogP contribution in [-0.2, 0) is 25.5 Å². The number of carbonyl (C=O) groups is 4. The number of carbonyl (C=O) groups excluding carboxylic acids is 4. The van der Waals surface area contributed by atoms with E-state index in [9.17, 15) is 29.3 Å². The second kappa shape index (κ2) is 10.4. The van der Waals surface area contributed by atoms with Crippen molar-refractivity contribution in [3.8, 4) is 0 Å². The average Bonchev–Trinajstić information content (AvgIpc) is 3.18. The predicted molar refractivity (Wildman–Crippen MR) is 116 cm³/mol. The molecule has 33 heavy (non-hydrogen) atoms. The van der Waals surface area contributed by atoms with Crippen LogP contribution in [0.2, 0.25) is 0 Å². The summed E-state index contributed by atoms with van der Waals surface area (Å²) in [6.07, 6.45) is 0.543. The lowest BCUT2D eigenvalue weighted by molar-refractivity contribution is -0.384. The summed E-state index contributed by atoms with van der Waals surface area (Å²) in [5.41, 5.74) is 3.90. The van der Waals surface area contributed by atoms with E-state index < -0.39 is 41.1 Å². The minimum absolute atomic E-state index is 0.114. The van der Waals surface area contributed by atoms with Crippen molar-refractivity contribution in [2.45, 2.75) is 19.8 Å². The quantitative estimate of drug-likeness (QED) is 0.351. The zero-order valence-electron chi connectivity index (χ0n) is 17.8. The number of nitro benzene ring substituents is 1. The Balaban J connectivity index is 1.49. The molecule has 0 unspecified atom stereocenters. The van der Waals surface area contributed by atoms with Crippen molar-refractivity contribution in [1.82, 2.24) is 10.4 Å². The topological polar surface area (TPSA) is 148 Å². The number of nitrogens with zero attached hydrogens (tertiary/aromatic N) is 2. The van der Waals surface area contributed by atoms with Gasteiger partial charge in [-0.3, -0.25) is 39.7 Å². The summed E-state index contributed by atoms with van der Waals surface area (Å²) < 4.78 is 5.05. The van der Waals surface area contributed by atoms with Crippen molar-refractivity contribution < 1.29 is 28.8 Å². The first-order valence-corrected chi connectivity index (χ1v) is 10.2. The molecule has 11 nitrogen and oxygen atoms in total. The number of non-ortho nitro benzene ring substituents is 1. The van der Waals surface area contributed by atoms with E-state index in [0.717, 1.165) is 17.0 Å². The summed E-state index contributed by atoms with van der Waals surface area (Å²) in [4.78, 5) is 59.0. The van der Waals surface area contributed by atoms with Crippen LogP contribution in [0.3, 0.4) is 0 Å². The predicted octanol–water partition coefficient (Wildman–Crippen LogP) is 1.83. The van der Waals surface area contributed by atoms with Gasteiger partial charge in [0.1, 0.15) is 0 Å². The fourth-order valence-electron chi connectivity index (χ4n) is 3.29. The highest BCUT2D eigenvalue weighted by Gasteiger charge is 2.36. The smallest absolute Gasteiger partial charge is 0.311 e. The number of hydrazine groups is 1. The van der Waals surface area contributed by atoms with Gasteiger partial charge in [-0.2, -0.15) is 0 Å². The van der Waals surface area contributed by atoms with E-state index in [1.165, 1.54) is 24.3 Å². The summed E-state index contributed by atoms with van der Waals surface area (Å²) in [6, 6.07) is 12.1. The summed E-state index contributed by atoms with van der Waals surface area (Å²) >= 11 is 0. The number of nitro groups is 1. The molecule has 0 bridgehead atoms. The average molecular weight is 454 g/mol. The highest BCUT2D eigenvalue weighted by atomic mass is 16.6. The molecule has 0 radical (unpaired) electrons. The van der Waals surface area contributed by atoms with Crippen molar-refractivity contribution in [3.63, 3.8) is 0 Å². The molecule has 0 aliphatic carbocycles. The fourth-order valence-corrected chi connectivity index (χ4v) is 3.29. The lowest BCUT2D eigenvalue weighted by atomic mass is 10.1. The number of nitrogens with one attached hydrogen (secondary N) is 2. The standard InChI is InChI=1S/C22H22N4O7/c1-2-14-5-3-4-6-18(14)23-19(27)13-33-22(30)16-11-20(28)25(12-16)24-21(29)15-7-9-17(10-8-15)26(31)32/h3-10,16H,2,11-13H2,1H3,(H,23,27)(H,24,29)/t16-/m1/s1. The number of amides is 3. The van der Waals surface area contributed by atoms with Crippen molar-refractivity contribution in [1.29, 1.82) is 0 Å². The van der Waals surface area contributed by atoms with Crippen LogP contribution in [0.4, 0.5) is 11.4 Å². The van der Waals surface area contributed by atoms with Gasteiger partial charge in [0.15, 0.2) is 6.61 Å². The lowest BCUT2D eigenvalue weighted by Gasteiger charge is -2.17. The van der Waals surface area contributed by atoms with Crippen LogP contribution in [-0.4, -0.2) is 46.8 Å². The molecule has 0 aromatic heterocycles. The second-order valence-corrected chi connectivity index (χ2v) is 7.32. The Labute approximate surface area is 188 Å². The first kappa shape index (κ1) is 23.4. The third-order valence-electron chi connectivity index (χ3n) is 5.05. The molecule has 1 heterocycles. The molecular weight excluding hydrogens is 432 g/mol. The maximum atomic E-state index is 12.3. The van der Waals surface area contributed by atoms with Gasteiger partial charge in [-0.25, -0.2) is 0 Å². The zero-order valence-corrected chi connectivity index (χ0v) is 17.8. The molecule has 0 spiro atoms. The minimum Gasteiger partial charge on any atom is -0.455 e. The Morgan fingerprint density at radius 1 is 1.15 bits per heavy atom. The molecule has 1 aliphatic rings. The van der Waals surface area contributed by atoms with Gasteiger partial charge in [-0.05, 0) is 30.2 Å². The highest BCUT2D eigenvalue weighted by molar-refractivity contribution is 5.97. The van der Waals surface area contributed by atoms with Crippen LogP contribution in [0.25, 0.3) is 0 Å². The normalized spacial score (nSPS) is 15.1. The number of esters is 1. The molecule has 2 N–H and O–H groups in total. The second-order valence-electron chi connectivity index (χ2n) is 7.32. The molecule has 3 amide bonds. The maximum Gasteiger partial charge on any atom is 0.311 e. The largest absolute Gasteiger partial charge is 0.455 e. The lowest BCUT2D eigenvalue weighted by Crippen LogP contribution is -2.43. The molecule has 172 valence electrons. The molecule has 3 rings (SSSR count). The number of hydrogen-bond donors (Lipinski definition) is 2. The number of aryl methyl sites for hydroxylation is 1. The van der Waals surface area contributed by atoms with Gasteiger partial charge >= 0.3 is 5.97 Å². The Hall–Kier alpha value is -4.28. The molecule has 2 aromatic rings. The van der Waals surface area contributed by atoms with Crippen molar-refractivity contribution in [3.05, 3.63) is 69.8 Å². The van der Waals surface area contributed by atoms with Crippen molar-refractivity contribution in [2.75, 3.05) is 18.5 Å². The van der Waals surface area contributed by atoms with Crippen molar-refractivity contribution in [2.24, 2.45) is 5.92 Å². The molecule has 11 heteroatoms. The van der Waals surface area contributed by atoms with E-state index >= 15 is 0 Å². The van der Waals surface area contributed by atoms with E-state index in [1.807, 2.05) is 19.1 Å². The number of benzene rings is 2. The third-order valence-corrected chi connectivity index (χ3v) is 5.05. The highest BCUT2D eigenvalue weighted by Crippen LogP contribution is 2.19. The van der Waals surface area contributed by atoms with Crippen LogP contribution in [0.1, 0.15) is 29.3 Å². The maximum absolute atomic E-state index is 12.3. The molecular formula is C22H22N4O7. The summed E-state index contributed by atoms with van der Waals surface area (Å²) in [5, 5.41) is 14.4. The van der Waals surface area contributed by atoms with E-state index in [2.05, 4.69) is 10.7 Å². The van der Waals surface area contributed by atoms with Gasteiger partial charge < -0.3 is 10.1 Å². The first-order chi connectivity index (χ1) is 15.8. The Bertz CT molecular complexity index is 1080. The third kappa shape index (κ3) is 5.91. The van der Waals surface area contributed by atoms with Crippen LogP contribution in [0.15, 0.2) is 48.5 Å². The molecule has 2 aromatic carbocycles. The Morgan fingerprint density at radius 2 is 1.85 bits per heavy atom. The van der Waals surface area contributed by atoms with Gasteiger partial charge in [0.05, 0.1) is 17.4 Å². The van der Waals surface area contributed by atoms with E-state index in [1.54, 1.807) is 12.1 Å². The number of hydrogen-bond acceptors (Lipinski definition) is 7. The summed E-state index contributed by atoms with van der Waals surface area (Å²) in [5.74, 6) is -3.22. The molecule has 1 aliphatic heterocycles. The van der Waals surface area contributed by atoms with Gasteiger partial charge in [0, 0.05) is 29.8 Å². The van der Waals surface area contributed by atoms with E-state index in [-0.39, 0.29) is 24.2 Å². The van der Waals surface area contributed by atoms with Crippen LogP contribution in [0, 0.1) is 16.0 Å². The van der Waals surface area contributed by atoms with E-state index in [4.69, 9.17) is 4.74 Å². The SMILES string of the molecule is CCc1ccccc1NC(=O)COC(=O)[C@@H]1CC(=O)N(NC(=O)c2ccc([N+](=O)[O-])cc2)C1. The van der Waals surface area contributed by atoms with Crippen LogP contribution in [0.5, 0.6) is 0 Å². The van der Waals surface area contributed by atoms with E-state index in [0.29, 0.717) is 5.69 Å². The molecule has 1 atom stereocenters. The van der Waals surface area contributed by atoms with Crippen LogP contribution < -0.4 is 10.7 Å². The van der Waals surface area contributed by atoms with Gasteiger partial charge in [0.2, 0.25) is 5.91 Å². The van der Waals surface area contributed by atoms with Gasteiger partial charge in [-0.15, -0.1) is 0 Å².